The minimum atomic E-state index is -0.412. The number of nitro benzene ring substituents is 1. The monoisotopic (exact) mass is 347 g/mol. The van der Waals surface area contributed by atoms with E-state index >= 15 is 0 Å². The zero-order valence-corrected chi connectivity index (χ0v) is 15.4. The Kier molecular flexibility index (Phi) is 4.71. The van der Waals surface area contributed by atoms with E-state index in [1.54, 1.807) is 18.3 Å². The van der Waals surface area contributed by atoms with Crippen molar-refractivity contribution >= 4 is 17.6 Å². The van der Waals surface area contributed by atoms with Gasteiger partial charge in [-0.2, -0.15) is 0 Å². The molecule has 3 aromatic rings. The predicted molar refractivity (Wildman–Crippen MR) is 105 cm³/mol. The van der Waals surface area contributed by atoms with Gasteiger partial charge in [-0.15, -0.1) is 0 Å². The Hall–Kier alpha value is -3.21. The van der Waals surface area contributed by atoms with E-state index in [2.05, 4.69) is 61.5 Å². The fraction of sp³-hybridized carbons (Fsp3) is 0.190. The largest absolute Gasteiger partial charge is 0.318 e. The van der Waals surface area contributed by atoms with Crippen LogP contribution in [0.4, 0.5) is 11.4 Å². The van der Waals surface area contributed by atoms with Crippen LogP contribution >= 0.6 is 0 Å². The topological polar surface area (TPSA) is 60.4 Å². The summed E-state index contributed by atoms with van der Waals surface area (Å²) < 4.78 is 2.20. The molecule has 0 radical (unpaired) electrons. The number of hydrogen-bond acceptors (Lipinski definition) is 3. The standard InChI is InChI=1S/C21H21N3O2/c1-14-8-9-20(10-15(14)2)23-16(3)11-18(17(23)4)13-22-19-6-5-7-21(12-19)24(25)26/h5-13H,1-4H3. The van der Waals surface area contributed by atoms with Gasteiger partial charge in [0.05, 0.1) is 10.6 Å². The molecule has 132 valence electrons. The number of non-ortho nitro benzene ring substituents is 1. The third kappa shape index (κ3) is 3.42. The zero-order valence-electron chi connectivity index (χ0n) is 15.4. The molecule has 0 saturated carbocycles. The number of aryl methyl sites for hydroxylation is 3. The zero-order chi connectivity index (χ0) is 18.8. The van der Waals surface area contributed by atoms with E-state index in [9.17, 15) is 10.1 Å². The van der Waals surface area contributed by atoms with E-state index in [4.69, 9.17) is 0 Å². The van der Waals surface area contributed by atoms with Gasteiger partial charge in [0.25, 0.3) is 5.69 Å². The molecule has 0 unspecified atom stereocenters. The molecule has 0 atom stereocenters. The van der Waals surface area contributed by atoms with Crippen molar-refractivity contribution in [2.24, 2.45) is 4.99 Å². The van der Waals surface area contributed by atoms with E-state index < -0.39 is 4.92 Å². The molecule has 0 spiro atoms. The summed E-state index contributed by atoms with van der Waals surface area (Å²) in [6.45, 7) is 8.33. The number of nitrogens with zero attached hydrogens (tertiary/aromatic N) is 3. The molecule has 26 heavy (non-hydrogen) atoms. The first-order valence-corrected chi connectivity index (χ1v) is 8.42. The van der Waals surface area contributed by atoms with Crippen LogP contribution in [0, 0.1) is 37.8 Å². The second kappa shape index (κ2) is 6.96. The molecule has 5 heteroatoms. The summed E-state index contributed by atoms with van der Waals surface area (Å²) >= 11 is 0. The molecule has 1 heterocycles. The summed E-state index contributed by atoms with van der Waals surface area (Å²) in [5.41, 5.74) is 7.44. The third-order valence-electron chi connectivity index (χ3n) is 4.61. The van der Waals surface area contributed by atoms with E-state index in [0.717, 1.165) is 22.6 Å². The normalized spacial score (nSPS) is 11.2. The maximum absolute atomic E-state index is 10.9. The van der Waals surface area contributed by atoms with Crippen molar-refractivity contribution in [3.8, 4) is 5.69 Å². The lowest BCUT2D eigenvalue weighted by molar-refractivity contribution is -0.384. The van der Waals surface area contributed by atoms with Crippen molar-refractivity contribution in [1.29, 1.82) is 0 Å². The smallest absolute Gasteiger partial charge is 0.271 e. The first-order chi connectivity index (χ1) is 12.4. The highest BCUT2D eigenvalue weighted by molar-refractivity contribution is 5.84. The molecule has 0 saturated heterocycles. The Balaban J connectivity index is 1.96. The average molecular weight is 347 g/mol. The minimum Gasteiger partial charge on any atom is -0.318 e. The first-order valence-electron chi connectivity index (χ1n) is 8.42. The van der Waals surface area contributed by atoms with E-state index in [-0.39, 0.29) is 5.69 Å². The Morgan fingerprint density at radius 1 is 1.00 bits per heavy atom. The lowest BCUT2D eigenvalue weighted by atomic mass is 10.1. The number of aromatic nitrogens is 1. The van der Waals surface area contributed by atoms with Crippen LogP contribution < -0.4 is 0 Å². The van der Waals surface area contributed by atoms with Crippen LogP contribution in [-0.2, 0) is 0 Å². The van der Waals surface area contributed by atoms with Gasteiger partial charge in [-0.25, -0.2) is 0 Å². The van der Waals surface area contributed by atoms with Crippen LogP contribution in [0.5, 0.6) is 0 Å². The highest BCUT2D eigenvalue weighted by atomic mass is 16.6. The number of nitro groups is 1. The van der Waals surface area contributed by atoms with E-state index in [0.29, 0.717) is 5.69 Å². The van der Waals surface area contributed by atoms with Gasteiger partial charge in [-0.3, -0.25) is 15.1 Å². The molecule has 5 nitrogen and oxygen atoms in total. The van der Waals surface area contributed by atoms with Gasteiger partial charge in [-0.05, 0) is 63.1 Å². The molecule has 0 aliphatic heterocycles. The first kappa shape index (κ1) is 17.6. The number of hydrogen-bond donors (Lipinski definition) is 0. The van der Waals surface area contributed by atoms with Crippen LogP contribution in [0.1, 0.15) is 28.1 Å². The lowest BCUT2D eigenvalue weighted by Crippen LogP contribution is -2.00. The highest BCUT2D eigenvalue weighted by Gasteiger charge is 2.10. The van der Waals surface area contributed by atoms with Crippen LogP contribution in [0.25, 0.3) is 5.69 Å². The van der Waals surface area contributed by atoms with Gasteiger partial charge in [0, 0.05) is 41.0 Å². The van der Waals surface area contributed by atoms with E-state index in [1.807, 2.05) is 0 Å². The molecule has 0 aliphatic carbocycles. The Morgan fingerprint density at radius 3 is 2.46 bits per heavy atom. The Labute approximate surface area is 152 Å². The second-order valence-electron chi connectivity index (χ2n) is 6.47. The summed E-state index contributed by atoms with van der Waals surface area (Å²) in [7, 11) is 0. The van der Waals surface area contributed by atoms with Gasteiger partial charge in [-0.1, -0.05) is 12.1 Å². The Bertz CT molecular complexity index is 1020. The summed E-state index contributed by atoms with van der Waals surface area (Å²) in [5.74, 6) is 0. The summed E-state index contributed by atoms with van der Waals surface area (Å²) in [6, 6.07) is 14.8. The van der Waals surface area contributed by atoms with Crippen LogP contribution in [0.2, 0.25) is 0 Å². The second-order valence-corrected chi connectivity index (χ2v) is 6.47. The van der Waals surface area contributed by atoms with Crippen molar-refractivity contribution in [3.05, 3.63) is 86.7 Å². The van der Waals surface area contributed by atoms with Gasteiger partial charge in [0.1, 0.15) is 0 Å². The lowest BCUT2D eigenvalue weighted by Gasteiger charge is -2.11. The summed E-state index contributed by atoms with van der Waals surface area (Å²) in [4.78, 5) is 14.9. The molecular formula is C21H21N3O2. The molecule has 0 N–H and O–H groups in total. The van der Waals surface area contributed by atoms with Gasteiger partial charge >= 0.3 is 0 Å². The quantitative estimate of drug-likeness (QED) is 0.362. The maximum Gasteiger partial charge on any atom is 0.271 e. The van der Waals surface area contributed by atoms with E-state index in [1.165, 1.54) is 23.3 Å². The third-order valence-corrected chi connectivity index (χ3v) is 4.61. The molecule has 3 rings (SSSR count). The Morgan fingerprint density at radius 2 is 1.77 bits per heavy atom. The van der Waals surface area contributed by atoms with Crippen molar-refractivity contribution in [2.45, 2.75) is 27.7 Å². The van der Waals surface area contributed by atoms with Crippen molar-refractivity contribution < 1.29 is 4.92 Å². The van der Waals surface area contributed by atoms with Crippen LogP contribution in [0.3, 0.4) is 0 Å². The number of aliphatic imine (C=N–C) groups is 1. The predicted octanol–water partition coefficient (Wildman–Crippen LogP) is 5.37. The fourth-order valence-corrected chi connectivity index (χ4v) is 3.01. The summed E-state index contributed by atoms with van der Waals surface area (Å²) in [6.07, 6.45) is 1.76. The summed E-state index contributed by atoms with van der Waals surface area (Å²) in [5, 5.41) is 10.9. The van der Waals surface area contributed by atoms with Crippen LogP contribution in [0.15, 0.2) is 53.5 Å². The number of rotatable bonds is 4. The van der Waals surface area contributed by atoms with Crippen molar-refractivity contribution in [1.82, 2.24) is 4.57 Å². The molecule has 2 aromatic carbocycles. The SMILES string of the molecule is Cc1ccc(-n2c(C)cc(C=Nc3cccc([N+](=O)[O-])c3)c2C)cc1C. The maximum atomic E-state index is 10.9. The van der Waals surface area contributed by atoms with Gasteiger partial charge in [0.15, 0.2) is 0 Å². The molecule has 0 aliphatic rings. The average Bonchev–Trinajstić information content (AvgIpc) is 2.89. The highest BCUT2D eigenvalue weighted by Crippen LogP contribution is 2.23. The van der Waals surface area contributed by atoms with Crippen molar-refractivity contribution in [3.63, 3.8) is 0 Å². The van der Waals surface area contributed by atoms with Crippen molar-refractivity contribution in [2.75, 3.05) is 0 Å². The molecule has 0 fully saturated rings. The molecule has 1 aromatic heterocycles. The fourth-order valence-electron chi connectivity index (χ4n) is 3.01. The minimum absolute atomic E-state index is 0.0419. The van der Waals surface area contributed by atoms with Gasteiger partial charge in [0.2, 0.25) is 0 Å². The van der Waals surface area contributed by atoms with Crippen LogP contribution in [-0.4, -0.2) is 15.7 Å². The van der Waals surface area contributed by atoms with Gasteiger partial charge < -0.3 is 4.57 Å². The number of benzene rings is 2. The molecular weight excluding hydrogens is 326 g/mol. The molecule has 0 amide bonds. The molecule has 0 bridgehead atoms.